The molecule has 0 fully saturated rings. The Morgan fingerprint density at radius 2 is 1.87 bits per heavy atom. The summed E-state index contributed by atoms with van der Waals surface area (Å²) in [7, 11) is 0. The molecule has 0 unspecified atom stereocenters. The second-order valence-electron chi connectivity index (χ2n) is 4.72. The molecule has 6 heteroatoms. The zero-order chi connectivity index (χ0) is 15.9. The number of thioether (sulfide) groups is 1. The van der Waals surface area contributed by atoms with Gasteiger partial charge < -0.3 is 9.15 Å². The van der Waals surface area contributed by atoms with E-state index in [9.17, 15) is 4.79 Å². The summed E-state index contributed by atoms with van der Waals surface area (Å²) in [6, 6.07) is 17.0. The van der Waals surface area contributed by atoms with Gasteiger partial charge in [-0.1, -0.05) is 30.3 Å². The molecular formula is C17H14N2O3S. The fraction of sp³-hybridized carbons (Fsp3) is 0.118. The molecule has 0 aliphatic rings. The summed E-state index contributed by atoms with van der Waals surface area (Å²) < 4.78 is 10.4. The molecule has 0 amide bonds. The highest BCUT2D eigenvalue weighted by molar-refractivity contribution is 7.99. The molecule has 2 aromatic carbocycles. The van der Waals surface area contributed by atoms with Crippen molar-refractivity contribution in [1.82, 2.24) is 10.2 Å². The number of carbonyl (C=O) groups is 1. The van der Waals surface area contributed by atoms with Crippen molar-refractivity contribution in [3.05, 3.63) is 66.6 Å². The molecule has 0 aliphatic heterocycles. The molecule has 0 spiro atoms. The van der Waals surface area contributed by atoms with Gasteiger partial charge in [-0.2, -0.15) is 0 Å². The molecule has 0 saturated heterocycles. The summed E-state index contributed by atoms with van der Waals surface area (Å²) in [5, 5.41) is 7.44. The van der Waals surface area contributed by atoms with Crippen LogP contribution < -0.4 is 4.74 Å². The Morgan fingerprint density at radius 1 is 1.09 bits per heavy atom. The van der Waals surface area contributed by atoms with E-state index in [0.717, 1.165) is 11.3 Å². The first-order valence-corrected chi connectivity index (χ1v) is 8.16. The van der Waals surface area contributed by atoms with Crippen LogP contribution in [0, 0.1) is 0 Å². The van der Waals surface area contributed by atoms with Gasteiger partial charge in [0.05, 0.1) is 5.75 Å². The third-order valence-corrected chi connectivity index (χ3v) is 4.00. The number of hydrogen-bond acceptors (Lipinski definition) is 6. The quantitative estimate of drug-likeness (QED) is 0.509. The number of benzene rings is 2. The van der Waals surface area contributed by atoms with Crippen LogP contribution in [-0.4, -0.2) is 21.9 Å². The average Bonchev–Trinajstić information content (AvgIpc) is 3.11. The molecule has 116 valence electrons. The van der Waals surface area contributed by atoms with Crippen molar-refractivity contribution >= 4 is 17.7 Å². The Labute approximate surface area is 137 Å². The van der Waals surface area contributed by atoms with Crippen molar-refractivity contribution in [2.45, 2.75) is 5.75 Å². The third-order valence-electron chi connectivity index (χ3n) is 3.02. The normalized spacial score (nSPS) is 10.4. The van der Waals surface area contributed by atoms with E-state index >= 15 is 0 Å². The van der Waals surface area contributed by atoms with E-state index in [2.05, 4.69) is 10.2 Å². The van der Waals surface area contributed by atoms with Gasteiger partial charge in [-0.3, -0.25) is 4.79 Å². The second kappa shape index (κ2) is 7.60. The summed E-state index contributed by atoms with van der Waals surface area (Å²) in [6.45, 7) is 0. The lowest BCUT2D eigenvalue weighted by Gasteiger charge is -2.05. The van der Waals surface area contributed by atoms with Gasteiger partial charge in [0.25, 0.3) is 0 Å². The van der Waals surface area contributed by atoms with E-state index in [1.54, 1.807) is 24.3 Å². The maximum atomic E-state index is 11.8. The van der Waals surface area contributed by atoms with E-state index < -0.39 is 0 Å². The first kappa shape index (κ1) is 15.3. The summed E-state index contributed by atoms with van der Waals surface area (Å²) in [4.78, 5) is 11.8. The molecule has 0 bridgehead atoms. The van der Waals surface area contributed by atoms with Crippen LogP contribution in [0.5, 0.6) is 5.75 Å². The topological polar surface area (TPSA) is 65.2 Å². The van der Waals surface area contributed by atoms with Crippen LogP contribution in [0.4, 0.5) is 0 Å². The highest BCUT2D eigenvalue weighted by Gasteiger charge is 2.07. The summed E-state index contributed by atoms with van der Waals surface area (Å²) in [5.74, 6) is 1.75. The second-order valence-corrected chi connectivity index (χ2v) is 5.71. The van der Waals surface area contributed by atoms with Gasteiger partial charge in [0.1, 0.15) is 5.75 Å². The zero-order valence-corrected chi connectivity index (χ0v) is 13.0. The van der Waals surface area contributed by atoms with Gasteiger partial charge in [-0.25, -0.2) is 0 Å². The number of ether oxygens (including phenoxy) is 1. The fourth-order valence-corrected chi connectivity index (χ4v) is 2.71. The van der Waals surface area contributed by atoms with E-state index in [1.165, 1.54) is 23.7 Å². The first-order chi connectivity index (χ1) is 11.3. The average molecular weight is 326 g/mol. The lowest BCUT2D eigenvalue weighted by atomic mass is 10.2. The molecule has 3 rings (SSSR count). The Balaban J connectivity index is 1.48. The van der Waals surface area contributed by atoms with Gasteiger partial charge >= 0.3 is 5.97 Å². The Hall–Kier alpha value is -2.60. The molecule has 0 N–H and O–H groups in total. The highest BCUT2D eigenvalue weighted by Crippen LogP contribution is 2.20. The molecule has 23 heavy (non-hydrogen) atoms. The van der Waals surface area contributed by atoms with Gasteiger partial charge in [-0.05, 0) is 29.8 Å². The van der Waals surface area contributed by atoms with Crippen molar-refractivity contribution in [2.24, 2.45) is 0 Å². The number of hydrogen-bond donors (Lipinski definition) is 0. The lowest BCUT2D eigenvalue weighted by Crippen LogP contribution is -2.10. The summed E-state index contributed by atoms with van der Waals surface area (Å²) in [6.07, 6.45) is 1.27. The maximum Gasteiger partial charge on any atom is 0.321 e. The van der Waals surface area contributed by atoms with E-state index in [1.807, 2.05) is 30.3 Å². The van der Waals surface area contributed by atoms with Crippen molar-refractivity contribution in [3.8, 4) is 17.2 Å². The van der Waals surface area contributed by atoms with E-state index in [-0.39, 0.29) is 5.97 Å². The van der Waals surface area contributed by atoms with Crippen molar-refractivity contribution < 1.29 is 13.9 Å². The molecule has 1 aromatic heterocycles. The van der Waals surface area contributed by atoms with Gasteiger partial charge in [0, 0.05) is 11.3 Å². The van der Waals surface area contributed by atoms with Crippen molar-refractivity contribution in [3.63, 3.8) is 0 Å². The Morgan fingerprint density at radius 3 is 2.57 bits per heavy atom. The number of carbonyl (C=O) groups excluding carboxylic acids is 1. The minimum Gasteiger partial charge on any atom is -0.426 e. The summed E-state index contributed by atoms with van der Waals surface area (Å²) in [5.41, 5.74) is 1.97. The predicted molar refractivity (Wildman–Crippen MR) is 88.0 cm³/mol. The van der Waals surface area contributed by atoms with Crippen molar-refractivity contribution in [2.75, 3.05) is 5.75 Å². The van der Waals surface area contributed by atoms with Crippen LogP contribution in [0.25, 0.3) is 11.5 Å². The van der Waals surface area contributed by atoms with Crippen LogP contribution in [0.2, 0.25) is 0 Å². The standard InChI is InChI=1S/C17H14N2O3S/c20-16(11-23-10-13-4-2-1-3-5-13)22-15-8-6-14(7-9-15)17-19-18-12-21-17/h1-9,12H,10-11H2. The first-order valence-electron chi connectivity index (χ1n) is 7.00. The zero-order valence-electron chi connectivity index (χ0n) is 12.2. The molecule has 0 saturated carbocycles. The van der Waals surface area contributed by atoms with Crippen LogP contribution in [0.3, 0.4) is 0 Å². The molecule has 0 radical (unpaired) electrons. The third kappa shape index (κ3) is 4.43. The molecule has 1 heterocycles. The lowest BCUT2D eigenvalue weighted by molar-refractivity contribution is -0.131. The minimum absolute atomic E-state index is 0.267. The number of aromatic nitrogens is 2. The molecule has 0 atom stereocenters. The molecule has 3 aromatic rings. The van der Waals surface area contributed by atoms with E-state index in [0.29, 0.717) is 17.4 Å². The van der Waals surface area contributed by atoms with Gasteiger partial charge in [0.15, 0.2) is 0 Å². The van der Waals surface area contributed by atoms with Crippen LogP contribution in [-0.2, 0) is 10.5 Å². The smallest absolute Gasteiger partial charge is 0.321 e. The minimum atomic E-state index is -0.267. The number of nitrogens with zero attached hydrogens (tertiary/aromatic N) is 2. The molecule has 0 aliphatic carbocycles. The Kier molecular flexibility index (Phi) is 5.06. The largest absolute Gasteiger partial charge is 0.426 e. The molecular weight excluding hydrogens is 312 g/mol. The van der Waals surface area contributed by atoms with Gasteiger partial charge in [-0.15, -0.1) is 22.0 Å². The molecule has 5 nitrogen and oxygen atoms in total. The van der Waals surface area contributed by atoms with Crippen LogP contribution >= 0.6 is 11.8 Å². The van der Waals surface area contributed by atoms with E-state index in [4.69, 9.17) is 9.15 Å². The number of esters is 1. The number of rotatable bonds is 6. The van der Waals surface area contributed by atoms with Crippen LogP contribution in [0.15, 0.2) is 65.4 Å². The highest BCUT2D eigenvalue weighted by atomic mass is 32.2. The predicted octanol–water partition coefficient (Wildman–Crippen LogP) is 3.58. The monoisotopic (exact) mass is 326 g/mol. The SMILES string of the molecule is O=C(CSCc1ccccc1)Oc1ccc(-c2nnco2)cc1. The summed E-state index contributed by atoms with van der Waals surface area (Å²) >= 11 is 1.53. The van der Waals surface area contributed by atoms with Gasteiger partial charge in [0.2, 0.25) is 12.3 Å². The Bertz CT molecular complexity index is 743. The van der Waals surface area contributed by atoms with Crippen LogP contribution in [0.1, 0.15) is 5.56 Å². The van der Waals surface area contributed by atoms with Crippen molar-refractivity contribution in [1.29, 1.82) is 0 Å². The fourth-order valence-electron chi connectivity index (χ4n) is 1.95. The maximum absolute atomic E-state index is 11.8.